The molecule has 0 saturated heterocycles. The van der Waals surface area contributed by atoms with Crippen molar-refractivity contribution in [1.82, 2.24) is 4.98 Å². The summed E-state index contributed by atoms with van der Waals surface area (Å²) in [6, 6.07) is 24.7. The van der Waals surface area contributed by atoms with Crippen LogP contribution < -0.4 is 10.6 Å². The number of hydrogen-bond donors (Lipinski definition) is 2. The van der Waals surface area contributed by atoms with Gasteiger partial charge in [-0.1, -0.05) is 66.2 Å². The molecule has 2 N–H and O–H groups in total. The Morgan fingerprint density at radius 1 is 0.971 bits per heavy atom. The fourth-order valence-electron chi connectivity index (χ4n) is 3.57. The number of hydrogen-bond acceptors (Lipinski definition) is 5. The molecule has 1 aliphatic rings. The highest BCUT2D eigenvalue weighted by Crippen LogP contribution is 2.38. The lowest BCUT2D eigenvalue weighted by atomic mass is 10.1. The molecule has 4 aromatic rings. The number of nitrogens with zero attached hydrogens (tertiary/aromatic N) is 1. The Morgan fingerprint density at radius 3 is 2.51 bits per heavy atom. The summed E-state index contributed by atoms with van der Waals surface area (Å²) in [5, 5.41) is 8.46. The zero-order chi connectivity index (χ0) is 24.2. The zero-order valence-corrected chi connectivity index (χ0v) is 21.0. The minimum atomic E-state index is -0.502. The first-order valence-corrected chi connectivity index (χ1v) is 13.3. The van der Waals surface area contributed by atoms with Crippen molar-refractivity contribution in [3.8, 4) is 11.3 Å². The van der Waals surface area contributed by atoms with Crippen molar-refractivity contribution in [2.24, 2.45) is 5.92 Å². The van der Waals surface area contributed by atoms with Crippen LogP contribution in [0, 0.1) is 5.92 Å². The molecule has 176 valence electrons. The van der Waals surface area contributed by atoms with Crippen LogP contribution in [-0.2, 0) is 9.59 Å². The van der Waals surface area contributed by atoms with E-state index in [9.17, 15) is 9.59 Å². The highest BCUT2D eigenvalue weighted by Gasteiger charge is 2.29. The topological polar surface area (TPSA) is 71.1 Å². The Kier molecular flexibility index (Phi) is 7.18. The van der Waals surface area contributed by atoms with Crippen molar-refractivity contribution in [3.05, 3.63) is 94.8 Å². The maximum Gasteiger partial charge on any atom is 0.244 e. The Balaban J connectivity index is 1.35. The number of rotatable bonds is 8. The molecule has 1 aliphatic carbocycles. The van der Waals surface area contributed by atoms with Gasteiger partial charge in [0.25, 0.3) is 0 Å². The summed E-state index contributed by atoms with van der Waals surface area (Å²) >= 11 is 9.10. The summed E-state index contributed by atoms with van der Waals surface area (Å²) in [4.78, 5) is 31.1. The number of halogens is 1. The first-order chi connectivity index (χ1) is 17.1. The second kappa shape index (κ2) is 10.6. The van der Waals surface area contributed by atoms with Crippen LogP contribution in [0.15, 0.2) is 89.1 Å². The summed E-state index contributed by atoms with van der Waals surface area (Å²) in [6.07, 6.45) is 1.90. The smallest absolute Gasteiger partial charge is 0.244 e. The van der Waals surface area contributed by atoms with Gasteiger partial charge in [0.05, 0.1) is 5.69 Å². The fraction of sp³-hybridized carbons (Fsp3) is 0.148. The van der Waals surface area contributed by atoms with E-state index in [0.717, 1.165) is 40.2 Å². The Hall–Kier alpha value is -3.13. The molecule has 5 rings (SSSR count). The van der Waals surface area contributed by atoms with Crippen LogP contribution in [0.5, 0.6) is 0 Å². The second-order valence-corrected chi connectivity index (χ2v) is 10.7. The van der Waals surface area contributed by atoms with Crippen molar-refractivity contribution in [3.63, 3.8) is 0 Å². The van der Waals surface area contributed by atoms with Gasteiger partial charge in [-0.3, -0.25) is 9.59 Å². The number of amides is 2. The van der Waals surface area contributed by atoms with Gasteiger partial charge in [0.15, 0.2) is 5.13 Å². The van der Waals surface area contributed by atoms with Gasteiger partial charge in [-0.25, -0.2) is 4.98 Å². The van der Waals surface area contributed by atoms with Crippen molar-refractivity contribution in [1.29, 1.82) is 0 Å². The lowest BCUT2D eigenvalue weighted by molar-refractivity contribution is -0.117. The number of carbonyl (C=O) groups is 2. The molecular weight excluding hydrogens is 498 g/mol. The first-order valence-electron chi connectivity index (χ1n) is 11.2. The Bertz CT molecular complexity index is 1360. The molecule has 35 heavy (non-hydrogen) atoms. The van der Waals surface area contributed by atoms with Gasteiger partial charge in [0.2, 0.25) is 11.8 Å². The predicted octanol–water partition coefficient (Wildman–Crippen LogP) is 7.28. The van der Waals surface area contributed by atoms with E-state index in [-0.39, 0.29) is 17.7 Å². The number of nitrogens with one attached hydrogen (secondary N) is 2. The van der Waals surface area contributed by atoms with Gasteiger partial charge in [-0.15, -0.1) is 23.1 Å². The maximum atomic E-state index is 13.4. The first kappa shape index (κ1) is 23.6. The molecule has 1 aromatic heterocycles. The molecule has 5 nitrogen and oxygen atoms in total. The highest BCUT2D eigenvalue weighted by atomic mass is 35.5. The largest absolute Gasteiger partial charge is 0.326 e. The highest BCUT2D eigenvalue weighted by molar-refractivity contribution is 8.00. The summed E-state index contributed by atoms with van der Waals surface area (Å²) in [6.45, 7) is 0. The van der Waals surface area contributed by atoms with Gasteiger partial charge < -0.3 is 10.6 Å². The average Bonchev–Trinajstić information content (AvgIpc) is 3.63. The Labute approximate surface area is 216 Å². The third-order valence-corrected chi connectivity index (χ3v) is 7.86. The number of anilines is 2. The number of aromatic nitrogens is 1. The van der Waals surface area contributed by atoms with E-state index in [4.69, 9.17) is 11.6 Å². The molecule has 2 amide bonds. The van der Waals surface area contributed by atoms with E-state index in [1.54, 1.807) is 0 Å². The summed E-state index contributed by atoms with van der Waals surface area (Å²) in [7, 11) is 0. The number of carbonyl (C=O) groups excluding carboxylic acids is 2. The number of benzene rings is 3. The number of thioether (sulfide) groups is 1. The van der Waals surface area contributed by atoms with Gasteiger partial charge in [-0.05, 0) is 42.7 Å². The Morgan fingerprint density at radius 2 is 1.74 bits per heavy atom. The van der Waals surface area contributed by atoms with Crippen LogP contribution in [-0.4, -0.2) is 16.8 Å². The maximum absolute atomic E-state index is 13.4. The van der Waals surface area contributed by atoms with E-state index in [1.165, 1.54) is 23.1 Å². The zero-order valence-electron chi connectivity index (χ0n) is 18.6. The van der Waals surface area contributed by atoms with Crippen LogP contribution in [0.4, 0.5) is 10.8 Å². The van der Waals surface area contributed by atoms with E-state index in [1.807, 2.05) is 84.2 Å². The van der Waals surface area contributed by atoms with Gasteiger partial charge in [-0.2, -0.15) is 0 Å². The predicted molar refractivity (Wildman–Crippen MR) is 144 cm³/mol. The molecule has 0 spiro atoms. The molecule has 1 atom stereocenters. The molecule has 0 bridgehead atoms. The molecule has 0 radical (unpaired) electrons. The lowest BCUT2D eigenvalue weighted by Gasteiger charge is -2.17. The second-order valence-electron chi connectivity index (χ2n) is 8.21. The SMILES string of the molecule is O=C(Nc1cccc(SC(C(=O)Nc2nc(-c3ccccc3Cl)cs2)c2ccccc2)c1)C1CC1. The van der Waals surface area contributed by atoms with Crippen LogP contribution in [0.1, 0.15) is 23.7 Å². The van der Waals surface area contributed by atoms with E-state index in [0.29, 0.717) is 10.2 Å². The minimum absolute atomic E-state index is 0.0580. The molecule has 1 fully saturated rings. The minimum Gasteiger partial charge on any atom is -0.326 e. The van der Waals surface area contributed by atoms with Crippen molar-refractivity contribution in [2.75, 3.05) is 10.6 Å². The van der Waals surface area contributed by atoms with Crippen molar-refractivity contribution in [2.45, 2.75) is 23.0 Å². The van der Waals surface area contributed by atoms with Crippen LogP contribution in [0.3, 0.4) is 0 Å². The monoisotopic (exact) mass is 519 g/mol. The van der Waals surface area contributed by atoms with E-state index < -0.39 is 5.25 Å². The summed E-state index contributed by atoms with van der Waals surface area (Å²) in [5.74, 6) is 0.0133. The number of thiazole rings is 1. The van der Waals surface area contributed by atoms with Gasteiger partial charge in [0, 0.05) is 32.5 Å². The fourth-order valence-corrected chi connectivity index (χ4v) is 5.60. The normalized spacial score (nSPS) is 13.7. The van der Waals surface area contributed by atoms with Gasteiger partial charge >= 0.3 is 0 Å². The third-order valence-electron chi connectivity index (χ3n) is 5.53. The molecular formula is C27H22ClN3O2S2. The molecule has 3 aromatic carbocycles. The van der Waals surface area contributed by atoms with Crippen molar-refractivity contribution < 1.29 is 9.59 Å². The molecule has 1 heterocycles. The molecule has 0 aliphatic heterocycles. The van der Waals surface area contributed by atoms with Crippen molar-refractivity contribution >= 4 is 57.3 Å². The molecule has 1 unspecified atom stereocenters. The van der Waals surface area contributed by atoms with E-state index in [2.05, 4.69) is 15.6 Å². The quantitative estimate of drug-likeness (QED) is 0.240. The summed E-state index contributed by atoms with van der Waals surface area (Å²) < 4.78 is 0. The summed E-state index contributed by atoms with van der Waals surface area (Å²) in [5.41, 5.74) is 3.16. The molecule has 1 saturated carbocycles. The third kappa shape index (κ3) is 5.93. The van der Waals surface area contributed by atoms with Crippen LogP contribution >= 0.6 is 34.7 Å². The molecule has 8 heteroatoms. The lowest BCUT2D eigenvalue weighted by Crippen LogP contribution is -2.19. The van der Waals surface area contributed by atoms with Crippen LogP contribution in [0.2, 0.25) is 5.02 Å². The van der Waals surface area contributed by atoms with Crippen LogP contribution in [0.25, 0.3) is 11.3 Å². The average molecular weight is 520 g/mol. The van der Waals surface area contributed by atoms with E-state index >= 15 is 0 Å². The standard InChI is InChI=1S/C27H22ClN3O2S2/c28-22-12-5-4-11-21(22)23-16-34-27(30-23)31-26(33)24(17-7-2-1-3-8-17)35-20-10-6-9-19(15-20)29-25(32)18-13-14-18/h1-12,15-16,18,24H,13-14H2,(H,29,32)(H,30,31,33). The van der Waals surface area contributed by atoms with Gasteiger partial charge in [0.1, 0.15) is 5.25 Å².